The number of H-pyrrole nitrogens is 1. The highest BCUT2D eigenvalue weighted by Crippen LogP contribution is 2.36. The van der Waals surface area contributed by atoms with Crippen molar-refractivity contribution in [1.29, 1.82) is 0 Å². The van der Waals surface area contributed by atoms with E-state index in [4.69, 9.17) is 0 Å². The Labute approximate surface area is 161 Å². The topological polar surface area (TPSA) is 91.4 Å². The van der Waals surface area contributed by atoms with Crippen LogP contribution in [0.3, 0.4) is 0 Å². The zero-order chi connectivity index (χ0) is 19.9. The minimum atomic E-state index is -3.35. The standard InChI is InChI=1S/C17H23F2N5O3S/c1-23(16-14-2-3-20-15(14)21-10-22-16)13-4-11(5-13)9-28(25,26)24-6-12(7-24)8-27-17(18)19/h2-3,10-13,17H,4-9H2,1H3,(H,20,21,22)/t11-,13+. The number of hydrogen-bond donors (Lipinski definition) is 1. The molecule has 0 aromatic carbocycles. The first-order chi connectivity index (χ1) is 13.3. The van der Waals surface area contributed by atoms with Gasteiger partial charge in [0.2, 0.25) is 10.0 Å². The molecule has 2 fully saturated rings. The Hall–Kier alpha value is -1.85. The van der Waals surface area contributed by atoms with Crippen molar-refractivity contribution in [2.75, 3.05) is 37.4 Å². The first-order valence-corrected chi connectivity index (χ1v) is 10.8. The van der Waals surface area contributed by atoms with Gasteiger partial charge in [-0.05, 0) is 24.8 Å². The lowest BCUT2D eigenvalue weighted by molar-refractivity contribution is -0.145. The molecule has 0 amide bonds. The van der Waals surface area contributed by atoms with Gasteiger partial charge in [0, 0.05) is 38.3 Å². The van der Waals surface area contributed by atoms with Crippen LogP contribution in [0.25, 0.3) is 11.0 Å². The second-order valence-corrected chi connectivity index (χ2v) is 9.61. The predicted molar refractivity (Wildman–Crippen MR) is 99.6 cm³/mol. The van der Waals surface area contributed by atoms with Gasteiger partial charge in [0.05, 0.1) is 17.7 Å². The van der Waals surface area contributed by atoms with Gasteiger partial charge in [-0.1, -0.05) is 0 Å². The van der Waals surface area contributed by atoms with Crippen molar-refractivity contribution >= 4 is 26.9 Å². The molecule has 2 aliphatic rings. The Kier molecular flexibility index (Phi) is 5.23. The molecular formula is C17H23F2N5O3S. The number of anilines is 1. The fourth-order valence-electron chi connectivity index (χ4n) is 3.93. The highest BCUT2D eigenvalue weighted by Gasteiger charge is 2.41. The molecule has 8 nitrogen and oxygen atoms in total. The summed E-state index contributed by atoms with van der Waals surface area (Å²) in [6.07, 6.45) is 4.89. The lowest BCUT2D eigenvalue weighted by Crippen LogP contribution is -2.54. The van der Waals surface area contributed by atoms with Gasteiger partial charge in [-0.25, -0.2) is 22.7 Å². The van der Waals surface area contributed by atoms with Crippen molar-refractivity contribution in [3.63, 3.8) is 0 Å². The minimum absolute atomic E-state index is 0.0948. The summed E-state index contributed by atoms with van der Waals surface area (Å²) in [7, 11) is -1.39. The maximum Gasteiger partial charge on any atom is 0.345 e. The van der Waals surface area contributed by atoms with E-state index in [9.17, 15) is 17.2 Å². The molecule has 1 aliphatic heterocycles. The van der Waals surface area contributed by atoms with Crippen LogP contribution >= 0.6 is 0 Å². The smallest absolute Gasteiger partial charge is 0.345 e. The van der Waals surface area contributed by atoms with Gasteiger partial charge < -0.3 is 14.6 Å². The highest BCUT2D eigenvalue weighted by atomic mass is 32.2. The van der Waals surface area contributed by atoms with E-state index in [-0.39, 0.29) is 43.3 Å². The Balaban J connectivity index is 1.27. The van der Waals surface area contributed by atoms with E-state index in [0.717, 1.165) is 29.7 Å². The van der Waals surface area contributed by atoms with E-state index in [1.165, 1.54) is 10.6 Å². The Morgan fingerprint density at radius 3 is 2.79 bits per heavy atom. The molecule has 1 saturated carbocycles. The van der Waals surface area contributed by atoms with Crippen LogP contribution in [0.5, 0.6) is 0 Å². The number of alkyl halides is 2. The average molecular weight is 415 g/mol. The molecule has 1 aliphatic carbocycles. The summed E-state index contributed by atoms with van der Waals surface area (Å²) in [6.45, 7) is -2.39. The van der Waals surface area contributed by atoms with Gasteiger partial charge in [-0.2, -0.15) is 8.78 Å². The number of nitrogens with one attached hydrogen (secondary N) is 1. The van der Waals surface area contributed by atoms with E-state index in [2.05, 4.69) is 24.6 Å². The van der Waals surface area contributed by atoms with Crippen molar-refractivity contribution in [1.82, 2.24) is 19.3 Å². The first-order valence-electron chi connectivity index (χ1n) is 9.22. The maximum atomic E-state index is 12.5. The van der Waals surface area contributed by atoms with Crippen LogP contribution in [0.4, 0.5) is 14.6 Å². The molecule has 11 heteroatoms. The van der Waals surface area contributed by atoms with Gasteiger partial charge in [0.1, 0.15) is 17.8 Å². The van der Waals surface area contributed by atoms with Crippen LogP contribution in [0.1, 0.15) is 12.8 Å². The summed E-state index contributed by atoms with van der Waals surface area (Å²) in [6, 6.07) is 2.16. The van der Waals surface area contributed by atoms with Crippen molar-refractivity contribution in [3.05, 3.63) is 18.6 Å². The molecule has 0 atom stereocenters. The number of halogens is 2. The molecule has 0 radical (unpaired) electrons. The molecular weight excluding hydrogens is 392 g/mol. The Morgan fingerprint density at radius 1 is 1.32 bits per heavy atom. The zero-order valence-corrected chi connectivity index (χ0v) is 16.3. The van der Waals surface area contributed by atoms with Crippen molar-refractivity contribution < 1.29 is 21.9 Å². The van der Waals surface area contributed by atoms with Crippen LogP contribution in [-0.2, 0) is 14.8 Å². The monoisotopic (exact) mass is 415 g/mol. The number of hydrogen-bond acceptors (Lipinski definition) is 6. The van der Waals surface area contributed by atoms with Crippen LogP contribution in [-0.4, -0.2) is 72.8 Å². The highest BCUT2D eigenvalue weighted by molar-refractivity contribution is 7.89. The fourth-order valence-corrected chi connectivity index (χ4v) is 5.89. The average Bonchev–Trinajstić information content (AvgIpc) is 3.03. The summed E-state index contributed by atoms with van der Waals surface area (Å²) < 4.78 is 54.7. The minimum Gasteiger partial charge on any atom is -0.356 e. The number of nitrogens with zero attached hydrogens (tertiary/aromatic N) is 4. The van der Waals surface area contributed by atoms with Gasteiger partial charge in [-0.3, -0.25) is 0 Å². The fraction of sp³-hybridized carbons (Fsp3) is 0.647. The molecule has 3 heterocycles. The van der Waals surface area contributed by atoms with Crippen LogP contribution in [0.2, 0.25) is 0 Å². The van der Waals surface area contributed by atoms with Crippen molar-refractivity contribution in [2.24, 2.45) is 11.8 Å². The third kappa shape index (κ3) is 3.83. The molecule has 0 spiro atoms. The number of ether oxygens (including phenoxy) is 1. The molecule has 28 heavy (non-hydrogen) atoms. The Bertz CT molecular complexity index is 926. The molecule has 0 bridgehead atoms. The van der Waals surface area contributed by atoms with Crippen LogP contribution < -0.4 is 4.90 Å². The molecule has 2 aromatic rings. The molecule has 4 rings (SSSR count). The molecule has 2 aromatic heterocycles. The van der Waals surface area contributed by atoms with Crippen molar-refractivity contribution in [3.8, 4) is 0 Å². The second kappa shape index (κ2) is 7.53. The van der Waals surface area contributed by atoms with E-state index >= 15 is 0 Å². The molecule has 0 unspecified atom stereocenters. The first kappa shape index (κ1) is 19.5. The number of aromatic nitrogens is 3. The number of sulfonamides is 1. The number of fused-ring (bicyclic) bond motifs is 1. The zero-order valence-electron chi connectivity index (χ0n) is 15.5. The van der Waals surface area contributed by atoms with Gasteiger partial charge in [0.25, 0.3) is 0 Å². The van der Waals surface area contributed by atoms with Gasteiger partial charge in [-0.15, -0.1) is 0 Å². The third-order valence-corrected chi connectivity index (χ3v) is 7.62. The summed E-state index contributed by atoms with van der Waals surface area (Å²) in [5, 5.41) is 0.943. The van der Waals surface area contributed by atoms with E-state index in [1.54, 1.807) is 0 Å². The lowest BCUT2D eigenvalue weighted by Gasteiger charge is -2.44. The van der Waals surface area contributed by atoms with E-state index in [1.807, 2.05) is 19.3 Å². The lowest BCUT2D eigenvalue weighted by atomic mass is 9.81. The van der Waals surface area contributed by atoms with Gasteiger partial charge >= 0.3 is 6.61 Å². The summed E-state index contributed by atoms with van der Waals surface area (Å²) in [5.41, 5.74) is 0.776. The molecule has 1 saturated heterocycles. The normalized spacial score (nSPS) is 23.7. The van der Waals surface area contributed by atoms with E-state index < -0.39 is 16.6 Å². The largest absolute Gasteiger partial charge is 0.356 e. The summed E-state index contributed by atoms with van der Waals surface area (Å²) in [5.74, 6) is 0.883. The van der Waals surface area contributed by atoms with Crippen LogP contribution in [0, 0.1) is 11.8 Å². The van der Waals surface area contributed by atoms with Crippen molar-refractivity contribution in [2.45, 2.75) is 25.5 Å². The van der Waals surface area contributed by atoms with Crippen LogP contribution in [0.15, 0.2) is 18.6 Å². The maximum absolute atomic E-state index is 12.5. The molecule has 1 N–H and O–H groups in total. The number of rotatable bonds is 8. The summed E-state index contributed by atoms with van der Waals surface area (Å²) in [4.78, 5) is 13.7. The predicted octanol–water partition coefficient (Wildman–Crippen LogP) is 1.67. The quantitative estimate of drug-likeness (QED) is 0.705. The number of aromatic amines is 1. The third-order valence-electron chi connectivity index (χ3n) is 5.65. The Morgan fingerprint density at radius 2 is 2.07 bits per heavy atom. The SMILES string of the molecule is CN(c1ncnc2[nH]ccc12)[C@H]1C[C@@H](CS(=O)(=O)N2CC(COC(F)F)C2)C1. The summed E-state index contributed by atoms with van der Waals surface area (Å²) >= 11 is 0. The van der Waals surface area contributed by atoms with E-state index in [0.29, 0.717) is 0 Å². The molecule has 154 valence electrons. The second-order valence-electron chi connectivity index (χ2n) is 7.59. The van der Waals surface area contributed by atoms with Gasteiger partial charge in [0.15, 0.2) is 0 Å².